The monoisotopic (exact) mass is 400 g/mol. The Kier molecular flexibility index (Phi) is 3.78. The van der Waals surface area contributed by atoms with Gasteiger partial charge in [0.05, 0.1) is 35.9 Å². The predicted octanol–water partition coefficient (Wildman–Crippen LogP) is 4.70. The normalized spacial score (nSPS) is 14.8. The predicted molar refractivity (Wildman–Crippen MR) is 75.3 cm³/mol. The van der Waals surface area contributed by atoms with Crippen LogP contribution in [0, 0.1) is 3.57 Å². The third kappa shape index (κ3) is 3.28. The molecule has 8 heteroatoms. The second kappa shape index (κ2) is 4.97. The Hall–Kier alpha value is -1.19. The standard InChI is InChI=1S/C12H12F3IN2O2/c1-11(2,3)20-10(19)18-9-6-7(12(13,14)15)4-5-8(9)16-17-18/h4-6H,1-3H3. The van der Waals surface area contributed by atoms with Gasteiger partial charge >= 0.3 is 12.3 Å². The molecule has 0 aliphatic carbocycles. The number of ether oxygens (including phenoxy) is 1. The van der Waals surface area contributed by atoms with E-state index in [1.165, 1.54) is 6.07 Å². The molecule has 0 saturated carbocycles. The van der Waals surface area contributed by atoms with Gasteiger partial charge in [0.25, 0.3) is 0 Å². The lowest BCUT2D eigenvalue weighted by molar-refractivity contribution is -0.137. The van der Waals surface area contributed by atoms with E-state index in [-0.39, 0.29) is 5.69 Å². The first kappa shape index (κ1) is 15.2. The maximum atomic E-state index is 12.7. The molecule has 0 saturated heterocycles. The molecule has 4 nitrogen and oxygen atoms in total. The zero-order valence-corrected chi connectivity index (χ0v) is 13.1. The molecule has 20 heavy (non-hydrogen) atoms. The van der Waals surface area contributed by atoms with Crippen LogP contribution in [0.25, 0.3) is 0 Å². The maximum Gasteiger partial charge on any atom is 0.436 e. The van der Waals surface area contributed by atoms with Crippen LogP contribution in [0.15, 0.2) is 21.5 Å². The molecule has 1 aromatic carbocycles. The highest BCUT2D eigenvalue weighted by atomic mass is 127. The van der Waals surface area contributed by atoms with Gasteiger partial charge in [0.1, 0.15) is 5.60 Å². The van der Waals surface area contributed by atoms with E-state index in [2.05, 4.69) is 3.25 Å². The van der Waals surface area contributed by atoms with Crippen molar-refractivity contribution in [3.63, 3.8) is 0 Å². The fraction of sp³-hybridized carbons (Fsp3) is 0.417. The minimum Gasteiger partial charge on any atom is -0.442 e. The van der Waals surface area contributed by atoms with Gasteiger partial charge in [-0.05, 0) is 39.0 Å². The minimum absolute atomic E-state index is 0.168. The number of amides is 1. The van der Waals surface area contributed by atoms with Gasteiger partial charge in [-0.3, -0.25) is 0 Å². The maximum absolute atomic E-state index is 12.7. The lowest BCUT2D eigenvalue weighted by atomic mass is 10.2. The van der Waals surface area contributed by atoms with Crippen molar-refractivity contribution in [3.8, 4) is 0 Å². The summed E-state index contributed by atoms with van der Waals surface area (Å²) in [6.07, 6.45) is -5.20. The zero-order valence-electron chi connectivity index (χ0n) is 11.0. The van der Waals surface area contributed by atoms with E-state index in [1.54, 1.807) is 20.8 Å². The van der Waals surface area contributed by atoms with Crippen LogP contribution in [0.2, 0.25) is 0 Å². The van der Waals surface area contributed by atoms with E-state index in [0.717, 1.165) is 17.1 Å². The Morgan fingerprint density at radius 2 is 1.95 bits per heavy atom. The van der Waals surface area contributed by atoms with Crippen molar-refractivity contribution in [2.24, 2.45) is 3.25 Å². The summed E-state index contributed by atoms with van der Waals surface area (Å²) in [5.74, 6) is 0. The molecule has 0 spiro atoms. The van der Waals surface area contributed by atoms with Gasteiger partial charge in [-0.2, -0.15) is 18.2 Å². The van der Waals surface area contributed by atoms with E-state index in [4.69, 9.17) is 4.74 Å². The van der Waals surface area contributed by atoms with Crippen LogP contribution in [0.1, 0.15) is 26.3 Å². The van der Waals surface area contributed by atoms with Crippen molar-refractivity contribution in [1.82, 2.24) is 0 Å². The number of anilines is 1. The molecule has 0 N–H and O–H groups in total. The van der Waals surface area contributed by atoms with Crippen molar-refractivity contribution in [3.05, 3.63) is 27.3 Å². The molecule has 1 heterocycles. The van der Waals surface area contributed by atoms with Crippen LogP contribution in [-0.4, -0.2) is 11.7 Å². The van der Waals surface area contributed by atoms with Gasteiger partial charge in [-0.25, -0.2) is 4.79 Å². The van der Waals surface area contributed by atoms with Gasteiger partial charge in [0.2, 0.25) is 0 Å². The highest BCUT2D eigenvalue weighted by molar-refractivity contribution is 14.2. The summed E-state index contributed by atoms with van der Waals surface area (Å²) in [6.45, 7) is 5.05. The van der Waals surface area contributed by atoms with Crippen LogP contribution in [-0.2, 0) is 10.9 Å². The second-order valence-electron chi connectivity index (χ2n) is 5.12. The number of benzene rings is 1. The highest BCUT2D eigenvalue weighted by Gasteiger charge is 2.34. The van der Waals surface area contributed by atoms with Crippen molar-refractivity contribution in [2.75, 3.05) is 5.01 Å². The molecule has 2 rings (SSSR count). The van der Waals surface area contributed by atoms with Crippen molar-refractivity contribution in [2.45, 2.75) is 32.5 Å². The summed E-state index contributed by atoms with van der Waals surface area (Å²) in [7, 11) is 0. The van der Waals surface area contributed by atoms with Crippen molar-refractivity contribution >= 4 is 32.8 Å². The molecule has 0 aromatic heterocycles. The average molecular weight is 400 g/mol. The number of halogens is 4. The van der Waals surface area contributed by atoms with Crippen molar-refractivity contribution < 1.29 is 22.7 Å². The second-order valence-corrected chi connectivity index (χ2v) is 7.19. The zero-order chi connectivity index (χ0) is 15.1. The number of rotatable bonds is 0. The fourth-order valence-electron chi connectivity index (χ4n) is 1.48. The Morgan fingerprint density at radius 3 is 2.50 bits per heavy atom. The van der Waals surface area contributed by atoms with Crippen LogP contribution in [0.5, 0.6) is 0 Å². The van der Waals surface area contributed by atoms with Crippen molar-refractivity contribution in [1.29, 1.82) is 0 Å². The van der Waals surface area contributed by atoms with Gasteiger partial charge in [-0.15, -0.1) is 3.25 Å². The summed E-state index contributed by atoms with van der Waals surface area (Å²) in [5, 5.41) is 0.934. The summed E-state index contributed by atoms with van der Waals surface area (Å²) in [5.41, 5.74) is -1.36. The Labute approximate surface area is 124 Å². The number of hydrogen-bond acceptors (Lipinski definition) is 3. The fourth-order valence-corrected chi connectivity index (χ4v) is 3.31. The van der Waals surface area contributed by atoms with E-state index >= 15 is 0 Å². The first-order valence-corrected chi connectivity index (χ1v) is 7.72. The molecule has 1 aliphatic heterocycles. The number of carbonyl (C=O) groups is 1. The lowest BCUT2D eigenvalue weighted by Crippen LogP contribution is -2.32. The Bertz CT molecular complexity index is 579. The Balaban J connectivity index is 2.32. The largest absolute Gasteiger partial charge is 0.442 e. The van der Waals surface area contributed by atoms with Gasteiger partial charge in [-0.1, -0.05) is 0 Å². The summed E-state index contributed by atoms with van der Waals surface area (Å²) >= 11 is -0.861. The minimum atomic E-state index is -4.45. The van der Waals surface area contributed by atoms with Gasteiger partial charge < -0.3 is 4.74 Å². The van der Waals surface area contributed by atoms with E-state index < -0.39 is 44.5 Å². The molecule has 0 unspecified atom stereocenters. The van der Waals surface area contributed by atoms with E-state index in [1.807, 2.05) is 0 Å². The molecule has 0 fully saturated rings. The molecule has 110 valence electrons. The number of carbonyl (C=O) groups excluding carboxylic acids is 1. The molecule has 0 radical (unpaired) electrons. The highest BCUT2D eigenvalue weighted by Crippen LogP contribution is 2.40. The lowest BCUT2D eigenvalue weighted by Gasteiger charge is -2.23. The topological polar surface area (TPSA) is 41.9 Å². The molecular weight excluding hydrogens is 388 g/mol. The molecule has 1 aliphatic rings. The third-order valence-electron chi connectivity index (χ3n) is 2.27. The molecule has 1 amide bonds. The SMILES string of the molecule is CC(C)(C)OC(=O)N1N=Ic2ccc(C(F)(F)F)cc21. The summed E-state index contributed by atoms with van der Waals surface area (Å²) in [4.78, 5) is 11.9. The molecule has 1 aromatic rings. The smallest absolute Gasteiger partial charge is 0.436 e. The van der Waals surface area contributed by atoms with E-state index in [0.29, 0.717) is 3.57 Å². The number of hydrogen-bond donors (Lipinski definition) is 0. The van der Waals surface area contributed by atoms with E-state index in [9.17, 15) is 18.0 Å². The number of fused-ring (bicyclic) bond motifs is 1. The third-order valence-corrected chi connectivity index (χ3v) is 4.35. The van der Waals surface area contributed by atoms with Crippen LogP contribution in [0.3, 0.4) is 0 Å². The summed E-state index contributed by atoms with van der Waals surface area (Å²) < 4.78 is 47.9. The number of alkyl halides is 3. The average Bonchev–Trinajstić information content (AvgIpc) is 2.67. The first-order chi connectivity index (χ1) is 9.08. The quantitative estimate of drug-likeness (QED) is 0.593. The molecular formula is C12H12F3IN2O2. The molecule has 0 bridgehead atoms. The van der Waals surface area contributed by atoms with Gasteiger partial charge in [0.15, 0.2) is 0 Å². The summed E-state index contributed by atoms with van der Waals surface area (Å²) in [6, 6.07) is 3.32. The first-order valence-electron chi connectivity index (χ1n) is 5.67. The van der Waals surface area contributed by atoms with Crippen LogP contribution < -0.4 is 5.01 Å². The van der Waals surface area contributed by atoms with Gasteiger partial charge in [0, 0.05) is 0 Å². The van der Waals surface area contributed by atoms with Crippen LogP contribution >= 0.6 is 21.0 Å². The number of nitrogens with zero attached hydrogens (tertiary/aromatic N) is 2. The Morgan fingerprint density at radius 1 is 1.30 bits per heavy atom. The molecule has 0 atom stereocenters. The van der Waals surface area contributed by atoms with Crippen LogP contribution in [0.4, 0.5) is 23.7 Å².